The van der Waals surface area contributed by atoms with Gasteiger partial charge in [-0.1, -0.05) is 20.8 Å². The molecule has 2 N–H and O–H groups in total. The normalized spacial score (nSPS) is 15.1. The van der Waals surface area contributed by atoms with Crippen molar-refractivity contribution < 1.29 is 5.11 Å². The van der Waals surface area contributed by atoms with Gasteiger partial charge in [0.05, 0.1) is 11.3 Å². The van der Waals surface area contributed by atoms with Crippen LogP contribution in [0.4, 0.5) is 0 Å². The monoisotopic (exact) mass is 253 g/mol. The highest BCUT2D eigenvalue weighted by Gasteiger charge is 2.22. The van der Waals surface area contributed by atoms with Crippen LogP contribution in [0, 0.1) is 0 Å². The van der Waals surface area contributed by atoms with Crippen molar-refractivity contribution in [2.75, 3.05) is 6.54 Å². The molecule has 104 valence electrons. The SMILES string of the molecule is CCc1cc(CC(C)(O)CCNC(C)C)n(C)n1. The molecule has 0 spiro atoms. The quantitative estimate of drug-likeness (QED) is 0.777. The summed E-state index contributed by atoms with van der Waals surface area (Å²) >= 11 is 0. The number of aryl methyl sites for hydroxylation is 2. The van der Waals surface area contributed by atoms with Crippen LogP contribution < -0.4 is 5.32 Å². The molecule has 0 bridgehead atoms. The Kier molecular flexibility index (Phi) is 5.35. The van der Waals surface area contributed by atoms with E-state index < -0.39 is 5.60 Å². The van der Waals surface area contributed by atoms with Crippen LogP contribution in [0.2, 0.25) is 0 Å². The van der Waals surface area contributed by atoms with E-state index in [1.54, 1.807) is 0 Å². The molecule has 0 saturated carbocycles. The zero-order valence-corrected chi connectivity index (χ0v) is 12.3. The van der Waals surface area contributed by atoms with Crippen LogP contribution in [0.5, 0.6) is 0 Å². The highest BCUT2D eigenvalue weighted by atomic mass is 16.3. The maximum Gasteiger partial charge on any atom is 0.0686 e. The van der Waals surface area contributed by atoms with Gasteiger partial charge in [-0.3, -0.25) is 4.68 Å². The number of nitrogens with zero attached hydrogens (tertiary/aromatic N) is 2. The van der Waals surface area contributed by atoms with Gasteiger partial charge in [0.25, 0.3) is 0 Å². The lowest BCUT2D eigenvalue weighted by Gasteiger charge is -2.24. The van der Waals surface area contributed by atoms with Gasteiger partial charge in [-0.15, -0.1) is 0 Å². The van der Waals surface area contributed by atoms with Crippen molar-refractivity contribution >= 4 is 0 Å². The molecule has 0 fully saturated rings. The molecule has 4 nitrogen and oxygen atoms in total. The Hall–Kier alpha value is -0.870. The van der Waals surface area contributed by atoms with Gasteiger partial charge in [-0.05, 0) is 32.4 Å². The van der Waals surface area contributed by atoms with Gasteiger partial charge in [0.15, 0.2) is 0 Å². The molecule has 0 aliphatic rings. The van der Waals surface area contributed by atoms with E-state index >= 15 is 0 Å². The Morgan fingerprint density at radius 1 is 1.50 bits per heavy atom. The third kappa shape index (κ3) is 4.78. The predicted molar refractivity (Wildman–Crippen MR) is 74.7 cm³/mol. The topological polar surface area (TPSA) is 50.1 Å². The average Bonchev–Trinajstić information content (AvgIpc) is 2.58. The van der Waals surface area contributed by atoms with Crippen molar-refractivity contribution in [3.63, 3.8) is 0 Å². The molecule has 1 aromatic rings. The van der Waals surface area contributed by atoms with E-state index in [1.165, 1.54) is 0 Å². The molecule has 0 saturated heterocycles. The summed E-state index contributed by atoms with van der Waals surface area (Å²) in [6.07, 6.45) is 2.33. The minimum absolute atomic E-state index is 0.462. The number of aromatic nitrogens is 2. The van der Waals surface area contributed by atoms with Crippen LogP contribution in [0.15, 0.2) is 6.07 Å². The smallest absolute Gasteiger partial charge is 0.0686 e. The van der Waals surface area contributed by atoms with Crippen LogP contribution in [0.25, 0.3) is 0 Å². The lowest BCUT2D eigenvalue weighted by atomic mass is 9.95. The Labute approximate surface area is 110 Å². The molecule has 0 amide bonds. The zero-order valence-electron chi connectivity index (χ0n) is 12.3. The van der Waals surface area contributed by atoms with Gasteiger partial charge in [-0.25, -0.2) is 0 Å². The molecule has 1 atom stereocenters. The molecule has 1 aromatic heterocycles. The third-order valence-electron chi connectivity index (χ3n) is 3.17. The first kappa shape index (κ1) is 15.2. The third-order valence-corrected chi connectivity index (χ3v) is 3.17. The van der Waals surface area contributed by atoms with Gasteiger partial charge in [0, 0.05) is 25.2 Å². The van der Waals surface area contributed by atoms with Gasteiger partial charge < -0.3 is 10.4 Å². The summed E-state index contributed by atoms with van der Waals surface area (Å²) in [5.74, 6) is 0. The first-order valence-corrected chi connectivity index (χ1v) is 6.81. The van der Waals surface area contributed by atoms with Gasteiger partial charge in [-0.2, -0.15) is 5.10 Å². The number of hydrogen-bond donors (Lipinski definition) is 2. The molecule has 1 heterocycles. The molecule has 0 aliphatic heterocycles. The summed E-state index contributed by atoms with van der Waals surface area (Å²) in [6.45, 7) is 9.06. The largest absolute Gasteiger partial charge is 0.390 e. The van der Waals surface area contributed by atoms with Crippen molar-refractivity contribution in [1.29, 1.82) is 0 Å². The second-order valence-electron chi connectivity index (χ2n) is 5.64. The van der Waals surface area contributed by atoms with Crippen LogP contribution in [-0.4, -0.2) is 33.1 Å². The first-order valence-electron chi connectivity index (χ1n) is 6.81. The Morgan fingerprint density at radius 2 is 2.17 bits per heavy atom. The number of nitrogens with one attached hydrogen (secondary N) is 1. The zero-order chi connectivity index (χ0) is 13.8. The highest BCUT2D eigenvalue weighted by molar-refractivity contribution is 5.12. The van der Waals surface area contributed by atoms with Crippen molar-refractivity contribution in [2.24, 2.45) is 7.05 Å². The lowest BCUT2D eigenvalue weighted by Crippen LogP contribution is -2.34. The molecule has 1 rings (SSSR count). The van der Waals surface area contributed by atoms with Crippen LogP contribution in [0.1, 0.15) is 45.5 Å². The minimum atomic E-state index is -0.680. The van der Waals surface area contributed by atoms with E-state index in [-0.39, 0.29) is 0 Å². The summed E-state index contributed by atoms with van der Waals surface area (Å²) in [4.78, 5) is 0. The fourth-order valence-corrected chi connectivity index (χ4v) is 2.02. The average molecular weight is 253 g/mol. The molecule has 0 aliphatic carbocycles. The molecule has 0 radical (unpaired) electrons. The van der Waals surface area contributed by atoms with E-state index in [2.05, 4.69) is 37.3 Å². The lowest BCUT2D eigenvalue weighted by molar-refractivity contribution is 0.0492. The van der Waals surface area contributed by atoms with E-state index in [9.17, 15) is 5.11 Å². The Balaban J connectivity index is 2.55. The van der Waals surface area contributed by atoms with Crippen LogP contribution in [0.3, 0.4) is 0 Å². The molecule has 4 heteroatoms. The van der Waals surface area contributed by atoms with Crippen molar-refractivity contribution in [2.45, 2.75) is 58.6 Å². The summed E-state index contributed by atoms with van der Waals surface area (Å²) in [6, 6.07) is 2.55. The van der Waals surface area contributed by atoms with Crippen molar-refractivity contribution in [1.82, 2.24) is 15.1 Å². The summed E-state index contributed by atoms with van der Waals surface area (Å²) in [5, 5.41) is 18.2. The number of hydrogen-bond acceptors (Lipinski definition) is 3. The Bertz CT molecular complexity index is 369. The van der Waals surface area contributed by atoms with E-state index in [0.717, 1.165) is 30.8 Å². The second kappa shape index (κ2) is 6.34. The Morgan fingerprint density at radius 3 is 2.67 bits per heavy atom. The molecule has 1 unspecified atom stereocenters. The van der Waals surface area contributed by atoms with Crippen LogP contribution in [-0.2, 0) is 19.9 Å². The van der Waals surface area contributed by atoms with E-state index in [0.29, 0.717) is 12.5 Å². The van der Waals surface area contributed by atoms with E-state index in [4.69, 9.17) is 0 Å². The maximum absolute atomic E-state index is 10.4. The van der Waals surface area contributed by atoms with Crippen LogP contribution >= 0.6 is 0 Å². The molecular formula is C14H27N3O. The predicted octanol–water partition coefficient (Wildman–Crippen LogP) is 1.66. The summed E-state index contributed by atoms with van der Waals surface area (Å²) in [7, 11) is 1.94. The minimum Gasteiger partial charge on any atom is -0.390 e. The second-order valence-corrected chi connectivity index (χ2v) is 5.64. The standard InChI is InChI=1S/C14H27N3O/c1-6-12-9-13(17(5)16-12)10-14(4,18)7-8-15-11(2)3/h9,11,15,18H,6-8,10H2,1-5H3. The van der Waals surface area contributed by atoms with Crippen molar-refractivity contribution in [3.8, 4) is 0 Å². The number of aliphatic hydroxyl groups is 1. The first-order chi connectivity index (χ1) is 8.34. The van der Waals surface area contributed by atoms with Gasteiger partial charge in [0.1, 0.15) is 0 Å². The molecule has 0 aromatic carbocycles. The summed E-state index contributed by atoms with van der Waals surface area (Å²) in [5.41, 5.74) is 1.51. The van der Waals surface area contributed by atoms with E-state index in [1.807, 2.05) is 18.7 Å². The maximum atomic E-state index is 10.4. The van der Waals surface area contributed by atoms with Gasteiger partial charge in [0.2, 0.25) is 0 Å². The summed E-state index contributed by atoms with van der Waals surface area (Å²) < 4.78 is 1.88. The fourth-order valence-electron chi connectivity index (χ4n) is 2.02. The number of rotatable bonds is 7. The van der Waals surface area contributed by atoms with Gasteiger partial charge >= 0.3 is 0 Å². The molecule has 18 heavy (non-hydrogen) atoms. The highest BCUT2D eigenvalue weighted by Crippen LogP contribution is 2.17. The fraction of sp³-hybridized carbons (Fsp3) is 0.786. The molecular weight excluding hydrogens is 226 g/mol. The van der Waals surface area contributed by atoms with Crippen molar-refractivity contribution in [3.05, 3.63) is 17.5 Å².